The fourth-order valence-corrected chi connectivity index (χ4v) is 2.71. The van der Waals surface area contributed by atoms with Crippen LogP contribution in [0.2, 0.25) is 0 Å². The van der Waals surface area contributed by atoms with E-state index in [-0.39, 0.29) is 5.92 Å². The maximum absolute atomic E-state index is 3.79. The van der Waals surface area contributed by atoms with Gasteiger partial charge < -0.3 is 0 Å². The first-order valence-corrected chi connectivity index (χ1v) is 7.87. The van der Waals surface area contributed by atoms with Crippen LogP contribution in [0.4, 0.5) is 0 Å². The Morgan fingerprint density at radius 1 is 1.09 bits per heavy atom. The van der Waals surface area contributed by atoms with Crippen molar-refractivity contribution in [3.8, 4) is 0 Å². The molecule has 0 bridgehead atoms. The van der Waals surface area contributed by atoms with Gasteiger partial charge in [0.15, 0.2) is 0 Å². The van der Waals surface area contributed by atoms with Gasteiger partial charge in [0.1, 0.15) is 0 Å². The van der Waals surface area contributed by atoms with E-state index in [4.69, 9.17) is 0 Å². The molecular formula is C22H28. The Labute approximate surface area is 136 Å². The van der Waals surface area contributed by atoms with Crippen LogP contribution in [0.3, 0.4) is 0 Å². The van der Waals surface area contributed by atoms with Crippen molar-refractivity contribution in [2.45, 2.75) is 40.5 Å². The first-order chi connectivity index (χ1) is 10.6. The van der Waals surface area contributed by atoms with Gasteiger partial charge in [0.2, 0.25) is 0 Å². The zero-order valence-electron chi connectivity index (χ0n) is 14.6. The molecule has 116 valence electrons. The van der Waals surface area contributed by atoms with Crippen molar-refractivity contribution in [3.05, 3.63) is 95.1 Å². The van der Waals surface area contributed by atoms with Crippen LogP contribution < -0.4 is 0 Å². The van der Waals surface area contributed by atoms with E-state index < -0.39 is 0 Å². The number of benzene rings is 1. The molecule has 22 heavy (non-hydrogen) atoms. The fourth-order valence-electron chi connectivity index (χ4n) is 2.71. The lowest BCUT2D eigenvalue weighted by Crippen LogP contribution is -2.07. The molecule has 0 radical (unpaired) electrons. The van der Waals surface area contributed by atoms with Crippen LogP contribution >= 0.6 is 0 Å². The van der Waals surface area contributed by atoms with Crippen molar-refractivity contribution >= 4 is 0 Å². The van der Waals surface area contributed by atoms with Crippen LogP contribution in [-0.2, 0) is 0 Å². The van der Waals surface area contributed by atoms with Gasteiger partial charge in [0.25, 0.3) is 0 Å². The van der Waals surface area contributed by atoms with Crippen molar-refractivity contribution in [2.24, 2.45) is 0 Å². The van der Waals surface area contributed by atoms with Gasteiger partial charge in [-0.3, -0.25) is 0 Å². The molecule has 0 spiro atoms. The molecule has 0 saturated heterocycles. The van der Waals surface area contributed by atoms with Gasteiger partial charge in [-0.25, -0.2) is 0 Å². The molecule has 1 aromatic carbocycles. The van der Waals surface area contributed by atoms with E-state index in [1.807, 2.05) is 12.2 Å². The van der Waals surface area contributed by atoms with E-state index in [1.165, 1.54) is 27.8 Å². The van der Waals surface area contributed by atoms with Gasteiger partial charge >= 0.3 is 0 Å². The molecule has 0 saturated carbocycles. The Bertz CT molecular complexity index is 617. The van der Waals surface area contributed by atoms with E-state index in [1.54, 1.807) is 0 Å². The average molecular weight is 292 g/mol. The number of allylic oxidation sites excluding steroid dienone is 9. The Morgan fingerprint density at radius 3 is 2.27 bits per heavy atom. The molecule has 1 rings (SSSR count). The Kier molecular flexibility index (Phi) is 7.39. The maximum atomic E-state index is 3.79. The van der Waals surface area contributed by atoms with Gasteiger partial charge in [0, 0.05) is 5.92 Å². The van der Waals surface area contributed by atoms with Gasteiger partial charge in [-0.1, -0.05) is 72.9 Å². The molecule has 0 heterocycles. The summed E-state index contributed by atoms with van der Waals surface area (Å²) in [5.41, 5.74) is 6.68. The number of hydrogen-bond acceptors (Lipinski definition) is 0. The van der Waals surface area contributed by atoms with Crippen molar-refractivity contribution in [1.29, 1.82) is 0 Å². The van der Waals surface area contributed by atoms with E-state index in [0.29, 0.717) is 0 Å². The summed E-state index contributed by atoms with van der Waals surface area (Å²) in [5.74, 6) is 0.253. The van der Waals surface area contributed by atoms with Crippen LogP contribution in [0.1, 0.15) is 44.7 Å². The molecule has 0 fully saturated rings. The SMILES string of the molecule is C=C/C=C\C(=CC)C(C(/C=C\C)=C(C)C)c1ccccc1C. The van der Waals surface area contributed by atoms with Crippen LogP contribution in [0.15, 0.2) is 84.0 Å². The van der Waals surface area contributed by atoms with E-state index in [2.05, 4.69) is 89.8 Å². The second kappa shape index (κ2) is 9.04. The summed E-state index contributed by atoms with van der Waals surface area (Å²) in [6, 6.07) is 8.64. The van der Waals surface area contributed by atoms with Crippen molar-refractivity contribution < 1.29 is 0 Å². The molecule has 0 aliphatic rings. The molecule has 1 atom stereocenters. The van der Waals surface area contributed by atoms with Crippen LogP contribution in [0, 0.1) is 6.92 Å². The summed E-state index contributed by atoms with van der Waals surface area (Å²) < 4.78 is 0. The second-order valence-corrected chi connectivity index (χ2v) is 5.63. The van der Waals surface area contributed by atoms with Crippen LogP contribution in [0.25, 0.3) is 0 Å². The standard InChI is InChI=1S/C22H28/c1-7-10-15-19(9-3)22(20(13-8-2)17(4)5)21-16-12-11-14-18(21)6/h7-16,22H,1H2,2-6H3/b13-8-,15-10-,19-9?. The highest BCUT2D eigenvalue weighted by molar-refractivity contribution is 5.50. The molecule has 0 heteroatoms. The van der Waals surface area contributed by atoms with E-state index in [9.17, 15) is 0 Å². The molecule has 0 nitrogen and oxygen atoms in total. The third-order valence-corrected chi connectivity index (χ3v) is 3.83. The van der Waals surface area contributed by atoms with Gasteiger partial charge in [0.05, 0.1) is 0 Å². The summed E-state index contributed by atoms with van der Waals surface area (Å²) in [5, 5.41) is 0. The Balaban J connectivity index is 3.58. The Hall–Kier alpha value is -2.08. The van der Waals surface area contributed by atoms with Gasteiger partial charge in [-0.15, -0.1) is 0 Å². The highest BCUT2D eigenvalue weighted by Crippen LogP contribution is 2.36. The molecule has 0 amide bonds. The van der Waals surface area contributed by atoms with Crippen LogP contribution in [0.5, 0.6) is 0 Å². The lowest BCUT2D eigenvalue weighted by molar-refractivity contribution is 0.938. The molecular weight excluding hydrogens is 264 g/mol. The minimum absolute atomic E-state index is 0.253. The fraction of sp³-hybridized carbons (Fsp3) is 0.273. The van der Waals surface area contributed by atoms with E-state index >= 15 is 0 Å². The lowest BCUT2D eigenvalue weighted by Gasteiger charge is -2.24. The zero-order chi connectivity index (χ0) is 16.5. The summed E-state index contributed by atoms with van der Waals surface area (Å²) in [6.45, 7) is 14.5. The Morgan fingerprint density at radius 2 is 1.77 bits per heavy atom. The minimum atomic E-state index is 0.253. The summed E-state index contributed by atoms with van der Waals surface area (Å²) in [6.07, 6.45) is 12.6. The summed E-state index contributed by atoms with van der Waals surface area (Å²) in [7, 11) is 0. The first-order valence-electron chi connectivity index (χ1n) is 7.87. The largest absolute Gasteiger partial charge is 0.0991 e. The molecule has 1 unspecified atom stereocenters. The monoisotopic (exact) mass is 292 g/mol. The van der Waals surface area contributed by atoms with Crippen molar-refractivity contribution in [2.75, 3.05) is 0 Å². The van der Waals surface area contributed by atoms with Crippen molar-refractivity contribution in [1.82, 2.24) is 0 Å². The number of aryl methyl sites for hydroxylation is 1. The highest BCUT2D eigenvalue weighted by Gasteiger charge is 2.20. The molecule has 0 aliphatic carbocycles. The summed E-state index contributed by atoms with van der Waals surface area (Å²) in [4.78, 5) is 0. The van der Waals surface area contributed by atoms with Gasteiger partial charge in [-0.2, -0.15) is 0 Å². The van der Waals surface area contributed by atoms with Gasteiger partial charge in [-0.05, 0) is 56.9 Å². The topological polar surface area (TPSA) is 0 Å². The number of hydrogen-bond donors (Lipinski definition) is 0. The number of rotatable bonds is 6. The van der Waals surface area contributed by atoms with E-state index in [0.717, 1.165) is 0 Å². The maximum Gasteiger partial charge on any atom is 0.0338 e. The zero-order valence-corrected chi connectivity index (χ0v) is 14.6. The lowest BCUT2D eigenvalue weighted by atomic mass is 9.80. The summed E-state index contributed by atoms with van der Waals surface area (Å²) >= 11 is 0. The minimum Gasteiger partial charge on any atom is -0.0991 e. The molecule has 0 aromatic heterocycles. The third kappa shape index (κ3) is 4.46. The molecule has 0 aliphatic heterocycles. The highest BCUT2D eigenvalue weighted by atomic mass is 14.2. The predicted octanol–water partition coefficient (Wildman–Crippen LogP) is 6.68. The average Bonchev–Trinajstić information content (AvgIpc) is 2.50. The quantitative estimate of drug-likeness (QED) is 0.513. The van der Waals surface area contributed by atoms with Crippen molar-refractivity contribution in [3.63, 3.8) is 0 Å². The molecule has 0 N–H and O–H groups in total. The first kappa shape index (κ1) is 18.0. The smallest absolute Gasteiger partial charge is 0.0338 e. The third-order valence-electron chi connectivity index (χ3n) is 3.83. The van der Waals surface area contributed by atoms with Crippen LogP contribution in [-0.4, -0.2) is 0 Å². The molecule has 1 aromatic rings. The normalized spacial score (nSPS) is 13.6. The second-order valence-electron chi connectivity index (χ2n) is 5.63. The predicted molar refractivity (Wildman–Crippen MR) is 100 cm³/mol.